The van der Waals surface area contributed by atoms with Gasteiger partial charge in [-0.05, 0) is 54.1 Å². The van der Waals surface area contributed by atoms with Crippen LogP contribution in [0.4, 0.5) is 0 Å². The Morgan fingerprint density at radius 1 is 0.735 bits per heavy atom. The van der Waals surface area contributed by atoms with Crippen molar-refractivity contribution in [1.82, 2.24) is 25.6 Å². The van der Waals surface area contributed by atoms with Gasteiger partial charge in [0.25, 0.3) is 0 Å². The lowest BCUT2D eigenvalue weighted by Gasteiger charge is -2.13. The molecule has 3 aromatic heterocycles. The molecule has 0 spiro atoms. The Kier molecular flexibility index (Phi) is 6.56. The number of nitrogens with zero attached hydrogens (tertiary/aromatic N) is 3. The maximum atomic E-state index is 11.1. The Bertz CT molecular complexity index is 1340. The Labute approximate surface area is 197 Å². The molecule has 0 bridgehead atoms. The number of aromatic hydroxyl groups is 1. The minimum absolute atomic E-state index is 0.161. The monoisotopic (exact) mass is 451 g/mol. The van der Waals surface area contributed by atoms with Crippen LogP contribution >= 0.6 is 0 Å². The van der Waals surface area contributed by atoms with Crippen LogP contribution in [0.25, 0.3) is 22.6 Å². The van der Waals surface area contributed by atoms with Gasteiger partial charge in [0.2, 0.25) is 5.89 Å². The smallest absolute Gasteiger partial charge is 0.231 e. The molecule has 34 heavy (non-hydrogen) atoms. The molecule has 0 saturated heterocycles. The molecule has 170 valence electrons. The highest BCUT2D eigenvalue weighted by molar-refractivity contribution is 5.78. The predicted octanol–water partition coefficient (Wildman–Crippen LogP) is 4.57. The number of pyridine rings is 2. The van der Waals surface area contributed by atoms with Gasteiger partial charge < -0.3 is 20.2 Å². The van der Waals surface area contributed by atoms with Crippen molar-refractivity contribution < 1.29 is 9.52 Å². The first-order valence-electron chi connectivity index (χ1n) is 11.2. The third-order valence-electron chi connectivity index (χ3n) is 5.48. The van der Waals surface area contributed by atoms with Crippen LogP contribution in [0.5, 0.6) is 5.75 Å². The molecular formula is C27H25N5O2. The summed E-state index contributed by atoms with van der Waals surface area (Å²) >= 11 is 0. The van der Waals surface area contributed by atoms with Crippen molar-refractivity contribution >= 4 is 11.1 Å². The summed E-state index contributed by atoms with van der Waals surface area (Å²) in [5.74, 6) is 0.560. The molecule has 0 aliphatic rings. The Balaban J connectivity index is 1.40. The first-order valence-corrected chi connectivity index (χ1v) is 11.2. The van der Waals surface area contributed by atoms with E-state index in [1.807, 2.05) is 72.8 Å². The van der Waals surface area contributed by atoms with Gasteiger partial charge in [0.05, 0.1) is 17.0 Å². The number of phenolic OH excluding ortho intramolecular Hbond substituents is 1. The summed E-state index contributed by atoms with van der Waals surface area (Å²) in [6.07, 6.45) is 3.56. The molecule has 2 aromatic carbocycles. The average molecular weight is 452 g/mol. The molecule has 0 fully saturated rings. The van der Waals surface area contributed by atoms with E-state index in [-0.39, 0.29) is 5.75 Å². The molecule has 0 unspecified atom stereocenters. The molecule has 0 aliphatic heterocycles. The van der Waals surface area contributed by atoms with Crippen molar-refractivity contribution in [2.24, 2.45) is 0 Å². The zero-order valence-corrected chi connectivity index (χ0v) is 18.6. The average Bonchev–Trinajstić information content (AvgIpc) is 3.31. The van der Waals surface area contributed by atoms with Crippen molar-refractivity contribution in [3.05, 3.63) is 108 Å². The van der Waals surface area contributed by atoms with E-state index in [1.165, 1.54) is 0 Å². The van der Waals surface area contributed by atoms with E-state index >= 15 is 0 Å². The van der Waals surface area contributed by atoms with Gasteiger partial charge in [0.15, 0.2) is 5.58 Å². The fourth-order valence-electron chi connectivity index (χ4n) is 3.81. The lowest BCUT2D eigenvalue weighted by molar-refractivity contribution is 0.462. The highest BCUT2D eigenvalue weighted by atomic mass is 16.3. The molecule has 5 rings (SSSR count). The van der Waals surface area contributed by atoms with E-state index in [0.29, 0.717) is 43.2 Å². The normalized spacial score (nSPS) is 11.2. The first-order chi connectivity index (χ1) is 16.8. The number of hydrogen-bond donors (Lipinski definition) is 3. The van der Waals surface area contributed by atoms with Crippen LogP contribution in [0.15, 0.2) is 89.6 Å². The van der Waals surface area contributed by atoms with Crippen molar-refractivity contribution in [1.29, 1.82) is 0 Å². The molecule has 0 saturated carbocycles. The predicted molar refractivity (Wildman–Crippen MR) is 131 cm³/mol. The van der Waals surface area contributed by atoms with Gasteiger partial charge >= 0.3 is 0 Å². The molecular weight excluding hydrogens is 426 g/mol. The van der Waals surface area contributed by atoms with Crippen LogP contribution in [0.1, 0.15) is 22.5 Å². The number of fused-ring (bicyclic) bond motifs is 1. The summed E-state index contributed by atoms with van der Waals surface area (Å²) < 4.78 is 5.96. The molecule has 0 amide bonds. The van der Waals surface area contributed by atoms with Gasteiger partial charge in [-0.15, -0.1) is 0 Å². The second-order valence-corrected chi connectivity index (χ2v) is 7.99. The summed E-state index contributed by atoms with van der Waals surface area (Å²) in [5.41, 5.74) is 5.71. The van der Waals surface area contributed by atoms with Gasteiger partial charge in [0.1, 0.15) is 11.3 Å². The number of rotatable bonds is 9. The van der Waals surface area contributed by atoms with Crippen LogP contribution in [0, 0.1) is 0 Å². The van der Waals surface area contributed by atoms with Gasteiger partial charge in [-0.1, -0.05) is 24.3 Å². The van der Waals surface area contributed by atoms with Gasteiger partial charge in [-0.3, -0.25) is 9.97 Å². The number of aromatic nitrogens is 3. The second kappa shape index (κ2) is 10.2. The van der Waals surface area contributed by atoms with E-state index in [4.69, 9.17) is 4.42 Å². The van der Waals surface area contributed by atoms with Crippen molar-refractivity contribution in [2.45, 2.75) is 26.2 Å². The van der Waals surface area contributed by atoms with Crippen molar-refractivity contribution in [3.63, 3.8) is 0 Å². The minimum Gasteiger partial charge on any atom is -0.507 e. The number of benzene rings is 2. The third kappa shape index (κ3) is 5.11. The Hall–Kier alpha value is -4.07. The maximum Gasteiger partial charge on any atom is 0.231 e. The molecule has 5 aromatic rings. The van der Waals surface area contributed by atoms with Crippen LogP contribution in [-0.4, -0.2) is 20.1 Å². The van der Waals surface area contributed by atoms with E-state index in [9.17, 15) is 5.11 Å². The van der Waals surface area contributed by atoms with Gasteiger partial charge in [-0.25, -0.2) is 4.98 Å². The molecule has 3 N–H and O–H groups in total. The number of para-hydroxylation sites is 2. The zero-order chi connectivity index (χ0) is 23.2. The van der Waals surface area contributed by atoms with Crippen molar-refractivity contribution in [3.8, 4) is 17.2 Å². The minimum atomic E-state index is 0.161. The topological polar surface area (TPSA) is 96.1 Å². The maximum absolute atomic E-state index is 11.1. The van der Waals surface area contributed by atoms with Crippen LogP contribution in [0.3, 0.4) is 0 Å². The fourth-order valence-corrected chi connectivity index (χ4v) is 3.81. The van der Waals surface area contributed by atoms with Crippen LogP contribution in [-0.2, 0) is 26.2 Å². The van der Waals surface area contributed by atoms with E-state index in [0.717, 1.165) is 28.0 Å². The SMILES string of the molecule is Oc1c(CNCc2ccccn2)cc(CNCc2ccccn2)cc1-c1nc2ccccc2o1. The highest BCUT2D eigenvalue weighted by Gasteiger charge is 2.17. The van der Waals surface area contributed by atoms with Crippen LogP contribution < -0.4 is 10.6 Å². The largest absolute Gasteiger partial charge is 0.507 e. The third-order valence-corrected chi connectivity index (χ3v) is 5.48. The zero-order valence-electron chi connectivity index (χ0n) is 18.6. The summed E-state index contributed by atoms with van der Waals surface area (Å²) in [6, 6.07) is 23.2. The number of oxazole rings is 1. The Morgan fingerprint density at radius 3 is 2.09 bits per heavy atom. The highest BCUT2D eigenvalue weighted by Crippen LogP contribution is 2.35. The van der Waals surface area contributed by atoms with E-state index in [2.05, 4.69) is 25.6 Å². The van der Waals surface area contributed by atoms with E-state index < -0.39 is 0 Å². The summed E-state index contributed by atoms with van der Waals surface area (Å²) in [6.45, 7) is 2.33. The lowest BCUT2D eigenvalue weighted by Crippen LogP contribution is -2.16. The first kappa shape index (κ1) is 21.8. The molecule has 3 heterocycles. The molecule has 0 radical (unpaired) electrons. The number of nitrogens with one attached hydrogen (secondary N) is 2. The quantitative estimate of drug-likeness (QED) is 0.302. The molecule has 0 aliphatic carbocycles. The lowest BCUT2D eigenvalue weighted by atomic mass is 10.0. The summed E-state index contributed by atoms with van der Waals surface area (Å²) in [5, 5.41) is 17.9. The number of phenols is 1. The standard InChI is InChI=1S/C27H25N5O2/c33-26-20(16-29-18-22-8-4-6-12-31-22)13-19(15-28-17-21-7-3-5-11-30-21)14-23(26)27-32-24-9-1-2-10-25(24)34-27/h1-14,28-29,33H,15-18H2. The van der Waals surface area contributed by atoms with Crippen molar-refractivity contribution in [2.75, 3.05) is 0 Å². The van der Waals surface area contributed by atoms with Crippen LogP contribution in [0.2, 0.25) is 0 Å². The molecule has 7 heteroatoms. The molecule has 0 atom stereocenters. The second-order valence-electron chi connectivity index (χ2n) is 7.99. The Morgan fingerprint density at radius 2 is 1.41 bits per heavy atom. The fraction of sp³-hybridized carbons (Fsp3) is 0.148. The van der Waals surface area contributed by atoms with Gasteiger partial charge in [-0.2, -0.15) is 0 Å². The molecule has 7 nitrogen and oxygen atoms in total. The van der Waals surface area contributed by atoms with E-state index in [1.54, 1.807) is 12.4 Å². The number of hydrogen-bond acceptors (Lipinski definition) is 7. The van der Waals surface area contributed by atoms with Gasteiger partial charge in [0, 0.05) is 44.1 Å². The summed E-state index contributed by atoms with van der Waals surface area (Å²) in [4.78, 5) is 13.3. The summed E-state index contributed by atoms with van der Waals surface area (Å²) in [7, 11) is 0.